The summed E-state index contributed by atoms with van der Waals surface area (Å²) in [5.74, 6) is 1.74. The van der Waals surface area contributed by atoms with Crippen molar-refractivity contribution < 1.29 is 14.2 Å². The van der Waals surface area contributed by atoms with Crippen molar-refractivity contribution in [1.29, 1.82) is 0 Å². The van der Waals surface area contributed by atoms with Crippen molar-refractivity contribution in [2.45, 2.75) is 6.17 Å². The molecule has 26 heavy (non-hydrogen) atoms. The van der Waals surface area contributed by atoms with E-state index in [2.05, 4.69) is 28.0 Å². The standard InChI is InChI=1S/C21H26N2O3/c1-2-6-19(7-3-1)26-20-8-4-5-18(17-20)21(22-9-13-24-14-10-22)23-11-15-25-16-12-23/h1-8,17,21H,9-16H2. The normalized spacial score (nSPS) is 19.6. The number of nitrogens with zero attached hydrogens (tertiary/aromatic N) is 2. The third-order valence-corrected chi connectivity index (χ3v) is 4.92. The molecule has 4 rings (SSSR count). The van der Waals surface area contributed by atoms with E-state index in [0.29, 0.717) is 0 Å². The molecule has 2 aromatic rings. The average molecular weight is 354 g/mol. The topological polar surface area (TPSA) is 34.2 Å². The van der Waals surface area contributed by atoms with Gasteiger partial charge in [-0.2, -0.15) is 0 Å². The molecule has 0 saturated carbocycles. The maximum Gasteiger partial charge on any atom is 0.127 e. The van der Waals surface area contributed by atoms with Crippen LogP contribution in [0.15, 0.2) is 54.6 Å². The van der Waals surface area contributed by atoms with Crippen LogP contribution in [0.3, 0.4) is 0 Å². The number of benzene rings is 2. The molecule has 2 fully saturated rings. The van der Waals surface area contributed by atoms with Crippen molar-refractivity contribution in [3.63, 3.8) is 0 Å². The SMILES string of the molecule is c1ccc(Oc2cccc(C(N3CCOCC3)N3CCOCC3)c2)cc1. The van der Waals surface area contributed by atoms with E-state index >= 15 is 0 Å². The summed E-state index contributed by atoms with van der Waals surface area (Å²) in [5.41, 5.74) is 1.27. The summed E-state index contributed by atoms with van der Waals surface area (Å²) >= 11 is 0. The first-order chi connectivity index (χ1) is 12.9. The van der Waals surface area contributed by atoms with Crippen LogP contribution >= 0.6 is 0 Å². The zero-order chi connectivity index (χ0) is 17.6. The van der Waals surface area contributed by atoms with Crippen molar-refractivity contribution in [3.8, 4) is 11.5 Å². The van der Waals surface area contributed by atoms with Gasteiger partial charge in [-0.15, -0.1) is 0 Å². The van der Waals surface area contributed by atoms with Gasteiger partial charge in [0.05, 0.1) is 32.6 Å². The van der Waals surface area contributed by atoms with Gasteiger partial charge in [-0.3, -0.25) is 9.80 Å². The summed E-state index contributed by atoms with van der Waals surface area (Å²) in [4.78, 5) is 5.02. The molecule has 0 aromatic heterocycles. The van der Waals surface area contributed by atoms with Gasteiger partial charge in [0.25, 0.3) is 0 Å². The van der Waals surface area contributed by atoms with E-state index in [0.717, 1.165) is 64.1 Å². The highest BCUT2D eigenvalue weighted by atomic mass is 16.5. The predicted octanol–water partition coefficient (Wildman–Crippen LogP) is 3.14. The van der Waals surface area contributed by atoms with Gasteiger partial charge in [0.15, 0.2) is 0 Å². The molecule has 5 nitrogen and oxygen atoms in total. The highest BCUT2D eigenvalue weighted by molar-refractivity contribution is 5.35. The van der Waals surface area contributed by atoms with Gasteiger partial charge in [0.1, 0.15) is 11.5 Å². The van der Waals surface area contributed by atoms with E-state index in [1.54, 1.807) is 0 Å². The lowest BCUT2D eigenvalue weighted by Gasteiger charge is -2.43. The van der Waals surface area contributed by atoms with Crippen LogP contribution < -0.4 is 4.74 Å². The fourth-order valence-corrected chi connectivity index (χ4v) is 3.66. The van der Waals surface area contributed by atoms with Gasteiger partial charge < -0.3 is 14.2 Å². The molecule has 0 aliphatic carbocycles. The Morgan fingerprint density at radius 3 is 1.88 bits per heavy atom. The minimum atomic E-state index is 0.238. The second-order valence-corrected chi connectivity index (χ2v) is 6.66. The van der Waals surface area contributed by atoms with E-state index in [-0.39, 0.29) is 6.17 Å². The molecule has 0 amide bonds. The Hall–Kier alpha value is -1.92. The molecule has 0 radical (unpaired) electrons. The summed E-state index contributed by atoms with van der Waals surface area (Å²) in [7, 11) is 0. The first-order valence-corrected chi connectivity index (χ1v) is 9.36. The minimum Gasteiger partial charge on any atom is -0.457 e. The Morgan fingerprint density at radius 1 is 0.692 bits per heavy atom. The van der Waals surface area contributed by atoms with E-state index in [9.17, 15) is 0 Å². The maximum atomic E-state index is 6.06. The Labute approximate surface area is 155 Å². The molecule has 0 unspecified atom stereocenters. The van der Waals surface area contributed by atoms with Crippen LogP contribution in [0.5, 0.6) is 11.5 Å². The molecule has 2 aromatic carbocycles. The van der Waals surface area contributed by atoms with Gasteiger partial charge in [0.2, 0.25) is 0 Å². The van der Waals surface area contributed by atoms with E-state index < -0.39 is 0 Å². The zero-order valence-corrected chi connectivity index (χ0v) is 15.0. The molecule has 2 heterocycles. The van der Waals surface area contributed by atoms with Crippen LogP contribution in [0.1, 0.15) is 11.7 Å². The smallest absolute Gasteiger partial charge is 0.127 e. The van der Waals surface area contributed by atoms with Crippen molar-refractivity contribution in [3.05, 3.63) is 60.2 Å². The molecule has 2 aliphatic heterocycles. The quantitative estimate of drug-likeness (QED) is 0.824. The summed E-state index contributed by atoms with van der Waals surface area (Å²) in [5, 5.41) is 0. The summed E-state index contributed by atoms with van der Waals surface area (Å²) in [6.45, 7) is 6.97. The largest absolute Gasteiger partial charge is 0.457 e. The van der Waals surface area contributed by atoms with Gasteiger partial charge in [0, 0.05) is 26.2 Å². The number of morpholine rings is 2. The Balaban J connectivity index is 1.58. The van der Waals surface area contributed by atoms with Crippen molar-refractivity contribution in [2.75, 3.05) is 52.6 Å². The lowest BCUT2D eigenvalue weighted by molar-refractivity contribution is -0.0676. The van der Waals surface area contributed by atoms with Crippen LogP contribution in [-0.4, -0.2) is 62.4 Å². The molecule has 2 aliphatic rings. The molecular weight excluding hydrogens is 328 g/mol. The summed E-state index contributed by atoms with van der Waals surface area (Å²) < 4.78 is 17.2. The highest BCUT2D eigenvalue weighted by Crippen LogP contribution is 2.30. The molecule has 138 valence electrons. The van der Waals surface area contributed by atoms with Gasteiger partial charge in [-0.05, 0) is 29.8 Å². The van der Waals surface area contributed by atoms with Crippen LogP contribution in [0.25, 0.3) is 0 Å². The van der Waals surface area contributed by atoms with Crippen LogP contribution in [-0.2, 0) is 9.47 Å². The van der Waals surface area contributed by atoms with E-state index in [4.69, 9.17) is 14.2 Å². The fourth-order valence-electron chi connectivity index (χ4n) is 3.66. The minimum absolute atomic E-state index is 0.238. The van der Waals surface area contributed by atoms with Crippen LogP contribution in [0, 0.1) is 0 Å². The molecule has 0 spiro atoms. The van der Waals surface area contributed by atoms with E-state index in [1.165, 1.54) is 5.56 Å². The van der Waals surface area contributed by atoms with Crippen molar-refractivity contribution in [1.82, 2.24) is 9.80 Å². The number of ether oxygens (including phenoxy) is 3. The molecule has 2 saturated heterocycles. The molecule has 5 heteroatoms. The average Bonchev–Trinajstić information content (AvgIpc) is 2.71. The Morgan fingerprint density at radius 2 is 1.27 bits per heavy atom. The second-order valence-electron chi connectivity index (χ2n) is 6.66. The third kappa shape index (κ3) is 4.24. The number of para-hydroxylation sites is 1. The van der Waals surface area contributed by atoms with Crippen molar-refractivity contribution >= 4 is 0 Å². The van der Waals surface area contributed by atoms with Gasteiger partial charge in [-0.25, -0.2) is 0 Å². The second kappa shape index (κ2) is 8.64. The van der Waals surface area contributed by atoms with Gasteiger partial charge in [-0.1, -0.05) is 30.3 Å². The first-order valence-electron chi connectivity index (χ1n) is 9.36. The lowest BCUT2D eigenvalue weighted by atomic mass is 10.1. The molecule has 0 atom stereocenters. The first kappa shape index (κ1) is 17.5. The molecule has 0 bridgehead atoms. The zero-order valence-electron chi connectivity index (χ0n) is 15.0. The summed E-state index contributed by atoms with van der Waals surface area (Å²) in [6, 6.07) is 18.4. The highest BCUT2D eigenvalue weighted by Gasteiger charge is 2.29. The summed E-state index contributed by atoms with van der Waals surface area (Å²) in [6.07, 6.45) is 0.238. The van der Waals surface area contributed by atoms with E-state index in [1.807, 2.05) is 36.4 Å². The Kier molecular flexibility index (Phi) is 5.82. The number of hydrogen-bond acceptors (Lipinski definition) is 5. The predicted molar refractivity (Wildman–Crippen MR) is 100 cm³/mol. The third-order valence-electron chi connectivity index (χ3n) is 4.92. The molecular formula is C21H26N2O3. The van der Waals surface area contributed by atoms with Crippen molar-refractivity contribution in [2.24, 2.45) is 0 Å². The maximum absolute atomic E-state index is 6.06. The van der Waals surface area contributed by atoms with Gasteiger partial charge >= 0.3 is 0 Å². The fraction of sp³-hybridized carbons (Fsp3) is 0.429. The van der Waals surface area contributed by atoms with Crippen LogP contribution in [0.4, 0.5) is 0 Å². The lowest BCUT2D eigenvalue weighted by Crippen LogP contribution is -2.50. The monoisotopic (exact) mass is 354 g/mol. The molecule has 0 N–H and O–H groups in total. The van der Waals surface area contributed by atoms with Crippen LogP contribution in [0.2, 0.25) is 0 Å². The Bertz CT molecular complexity index is 665. The number of hydrogen-bond donors (Lipinski definition) is 0. The number of rotatable bonds is 5.